The minimum Gasteiger partial charge on any atom is -0.193 e. The third-order valence-electron chi connectivity index (χ3n) is 2.08. The molecule has 15 heavy (non-hydrogen) atoms. The summed E-state index contributed by atoms with van der Waals surface area (Å²) in [6, 6.07) is 10.5. The van der Waals surface area contributed by atoms with Crippen molar-refractivity contribution in [3.05, 3.63) is 40.8 Å². The number of rotatable bonds is 4. The zero-order valence-corrected chi connectivity index (χ0v) is 9.97. The number of hydrogen-bond acceptors (Lipinski definition) is 2. The molecule has 1 rings (SSSR count). The number of hydrogen-bond donors (Lipinski definition) is 0. The highest BCUT2D eigenvalue weighted by atomic mass is 32.2. The molecule has 0 fully saturated rings. The standard InChI is InChI=1S/C13H15NS/c1-3-6-12(9-14)10-15-13-8-5-4-7-11(13)2/h4-5,7-8,10H,3,6H2,1-2H3. The van der Waals surface area contributed by atoms with Crippen LogP contribution in [-0.2, 0) is 0 Å². The summed E-state index contributed by atoms with van der Waals surface area (Å²) in [4.78, 5) is 1.22. The van der Waals surface area contributed by atoms with Crippen molar-refractivity contribution < 1.29 is 0 Å². The van der Waals surface area contributed by atoms with Crippen molar-refractivity contribution >= 4 is 11.8 Å². The molecule has 0 saturated carbocycles. The highest BCUT2D eigenvalue weighted by molar-refractivity contribution is 8.02. The summed E-state index contributed by atoms with van der Waals surface area (Å²) in [5.41, 5.74) is 2.12. The molecule has 0 atom stereocenters. The van der Waals surface area contributed by atoms with Crippen LogP contribution in [0.1, 0.15) is 25.3 Å². The van der Waals surface area contributed by atoms with E-state index in [9.17, 15) is 0 Å². The van der Waals surface area contributed by atoms with Gasteiger partial charge in [-0.15, -0.1) is 0 Å². The van der Waals surface area contributed by atoms with Crippen molar-refractivity contribution in [1.29, 1.82) is 5.26 Å². The number of allylic oxidation sites excluding steroid dienone is 1. The smallest absolute Gasteiger partial charge is 0.0952 e. The number of nitriles is 1. The lowest BCUT2D eigenvalue weighted by molar-refractivity contribution is 0.931. The molecule has 0 aliphatic heterocycles. The first-order chi connectivity index (χ1) is 7.27. The zero-order valence-electron chi connectivity index (χ0n) is 9.16. The van der Waals surface area contributed by atoms with Crippen LogP contribution in [0.15, 0.2) is 40.1 Å². The van der Waals surface area contributed by atoms with E-state index in [1.54, 1.807) is 11.8 Å². The Morgan fingerprint density at radius 3 is 2.80 bits per heavy atom. The fraction of sp³-hybridized carbons (Fsp3) is 0.308. The van der Waals surface area contributed by atoms with E-state index in [-0.39, 0.29) is 0 Å². The Morgan fingerprint density at radius 2 is 2.20 bits per heavy atom. The molecule has 1 aromatic rings. The fourth-order valence-corrected chi connectivity index (χ4v) is 2.08. The lowest BCUT2D eigenvalue weighted by Gasteiger charge is -2.01. The summed E-state index contributed by atoms with van der Waals surface area (Å²) in [5.74, 6) is 0. The second-order valence-corrected chi connectivity index (χ2v) is 4.30. The molecule has 78 valence electrons. The van der Waals surface area contributed by atoms with Gasteiger partial charge >= 0.3 is 0 Å². The van der Waals surface area contributed by atoms with Crippen LogP contribution in [0.2, 0.25) is 0 Å². The summed E-state index contributed by atoms with van der Waals surface area (Å²) in [5, 5.41) is 10.8. The molecule has 0 N–H and O–H groups in total. The molecule has 0 bridgehead atoms. The minimum absolute atomic E-state index is 0.866. The maximum atomic E-state index is 8.87. The van der Waals surface area contributed by atoms with Crippen LogP contribution in [0.4, 0.5) is 0 Å². The van der Waals surface area contributed by atoms with E-state index in [0.29, 0.717) is 0 Å². The molecular weight excluding hydrogens is 202 g/mol. The van der Waals surface area contributed by atoms with Gasteiger partial charge in [-0.25, -0.2) is 0 Å². The first kappa shape index (κ1) is 11.9. The van der Waals surface area contributed by atoms with Crippen LogP contribution in [0.25, 0.3) is 0 Å². The van der Waals surface area contributed by atoms with Crippen LogP contribution in [0, 0.1) is 18.3 Å². The van der Waals surface area contributed by atoms with E-state index in [1.165, 1.54) is 10.5 Å². The van der Waals surface area contributed by atoms with E-state index in [1.807, 2.05) is 17.5 Å². The van der Waals surface area contributed by atoms with Gasteiger partial charge in [0.25, 0.3) is 0 Å². The van der Waals surface area contributed by atoms with Gasteiger partial charge in [-0.2, -0.15) is 5.26 Å². The molecule has 0 amide bonds. The predicted molar refractivity (Wildman–Crippen MR) is 65.6 cm³/mol. The van der Waals surface area contributed by atoms with Gasteiger partial charge in [0.2, 0.25) is 0 Å². The van der Waals surface area contributed by atoms with Gasteiger partial charge < -0.3 is 0 Å². The normalized spacial score (nSPS) is 11.1. The largest absolute Gasteiger partial charge is 0.193 e. The number of thioether (sulfide) groups is 1. The first-order valence-electron chi connectivity index (χ1n) is 5.09. The minimum atomic E-state index is 0.866. The molecule has 0 aliphatic carbocycles. The number of aryl methyl sites for hydroxylation is 1. The summed E-state index contributed by atoms with van der Waals surface area (Å²) in [6.07, 6.45) is 1.89. The van der Waals surface area contributed by atoms with Gasteiger partial charge in [0.15, 0.2) is 0 Å². The molecule has 2 heteroatoms. The van der Waals surface area contributed by atoms with Crippen molar-refractivity contribution in [3.63, 3.8) is 0 Å². The molecule has 0 unspecified atom stereocenters. The van der Waals surface area contributed by atoms with Crippen molar-refractivity contribution in [2.75, 3.05) is 0 Å². The Labute approximate surface area is 95.8 Å². The van der Waals surface area contributed by atoms with Crippen LogP contribution in [0.5, 0.6) is 0 Å². The van der Waals surface area contributed by atoms with E-state index in [2.05, 4.69) is 32.0 Å². The molecule has 0 heterocycles. The zero-order chi connectivity index (χ0) is 11.1. The summed E-state index contributed by atoms with van der Waals surface area (Å²) in [6.45, 7) is 4.17. The van der Waals surface area contributed by atoms with Crippen LogP contribution in [-0.4, -0.2) is 0 Å². The Kier molecular flexibility index (Phi) is 5.00. The lowest BCUT2D eigenvalue weighted by Crippen LogP contribution is -1.78. The first-order valence-corrected chi connectivity index (χ1v) is 5.97. The Balaban J connectivity index is 2.71. The molecule has 1 aromatic carbocycles. The second-order valence-electron chi connectivity index (χ2n) is 3.39. The molecular formula is C13H15NS. The Bertz CT molecular complexity index is 388. The highest BCUT2D eigenvalue weighted by Gasteiger charge is 1.97. The van der Waals surface area contributed by atoms with Gasteiger partial charge in [-0.1, -0.05) is 43.3 Å². The third kappa shape index (κ3) is 3.81. The van der Waals surface area contributed by atoms with Gasteiger partial charge in [-0.3, -0.25) is 0 Å². The van der Waals surface area contributed by atoms with Gasteiger partial charge in [0, 0.05) is 10.5 Å². The average Bonchev–Trinajstić information content (AvgIpc) is 2.26. The summed E-state index contributed by atoms with van der Waals surface area (Å²) < 4.78 is 0. The number of benzene rings is 1. The average molecular weight is 217 g/mol. The van der Waals surface area contributed by atoms with Crippen molar-refractivity contribution in [2.24, 2.45) is 0 Å². The summed E-state index contributed by atoms with van der Waals surface area (Å²) in [7, 11) is 0. The topological polar surface area (TPSA) is 23.8 Å². The highest BCUT2D eigenvalue weighted by Crippen LogP contribution is 2.24. The van der Waals surface area contributed by atoms with Gasteiger partial charge in [0.1, 0.15) is 0 Å². The number of nitrogens with zero attached hydrogens (tertiary/aromatic N) is 1. The van der Waals surface area contributed by atoms with Crippen LogP contribution in [0.3, 0.4) is 0 Å². The SMILES string of the molecule is CCCC(C#N)=CSc1ccccc1C. The lowest BCUT2D eigenvalue weighted by atomic mass is 10.2. The Hall–Kier alpha value is -1.20. The fourth-order valence-electron chi connectivity index (χ4n) is 1.23. The maximum Gasteiger partial charge on any atom is 0.0952 e. The molecule has 0 spiro atoms. The van der Waals surface area contributed by atoms with Gasteiger partial charge in [0.05, 0.1) is 6.07 Å². The molecule has 0 aromatic heterocycles. The molecule has 1 nitrogen and oxygen atoms in total. The van der Waals surface area contributed by atoms with E-state index in [4.69, 9.17) is 5.26 Å². The second kappa shape index (κ2) is 6.31. The van der Waals surface area contributed by atoms with Gasteiger partial charge in [-0.05, 0) is 30.4 Å². The van der Waals surface area contributed by atoms with Crippen LogP contribution >= 0.6 is 11.8 Å². The molecule has 0 radical (unpaired) electrons. The van der Waals surface area contributed by atoms with E-state index in [0.717, 1.165) is 18.4 Å². The van der Waals surface area contributed by atoms with E-state index >= 15 is 0 Å². The van der Waals surface area contributed by atoms with Crippen molar-refractivity contribution in [3.8, 4) is 6.07 Å². The van der Waals surface area contributed by atoms with Crippen molar-refractivity contribution in [1.82, 2.24) is 0 Å². The van der Waals surface area contributed by atoms with E-state index < -0.39 is 0 Å². The van der Waals surface area contributed by atoms with Crippen LogP contribution < -0.4 is 0 Å². The molecule has 0 saturated heterocycles. The monoisotopic (exact) mass is 217 g/mol. The van der Waals surface area contributed by atoms with Crippen molar-refractivity contribution in [2.45, 2.75) is 31.6 Å². The predicted octanol–water partition coefficient (Wildman–Crippen LogP) is 4.29. The Morgan fingerprint density at radius 1 is 1.47 bits per heavy atom. The maximum absolute atomic E-state index is 8.87. The molecule has 0 aliphatic rings. The quantitative estimate of drug-likeness (QED) is 0.554. The third-order valence-corrected chi connectivity index (χ3v) is 3.20. The summed E-state index contributed by atoms with van der Waals surface area (Å²) >= 11 is 1.64.